The first kappa shape index (κ1) is 20.8. The third kappa shape index (κ3) is 3.95. The van der Waals surface area contributed by atoms with E-state index in [-0.39, 0.29) is 10.2 Å². The van der Waals surface area contributed by atoms with E-state index >= 15 is 0 Å². The molecule has 2 aromatic heterocycles. The van der Waals surface area contributed by atoms with E-state index in [4.69, 9.17) is 5.73 Å². The zero-order valence-electron chi connectivity index (χ0n) is 15.1. The number of carbonyl (C=O) groups is 2. The van der Waals surface area contributed by atoms with E-state index in [0.29, 0.717) is 22.9 Å². The normalized spacial score (nSPS) is 16.7. The lowest BCUT2D eigenvalue weighted by Crippen LogP contribution is -2.23. The number of anilines is 1. The second kappa shape index (κ2) is 7.51. The van der Waals surface area contributed by atoms with Gasteiger partial charge >= 0.3 is 6.18 Å². The molecule has 0 unspecified atom stereocenters. The number of nitrogens with two attached hydrogens (primary N) is 1. The highest BCUT2D eigenvalue weighted by Crippen LogP contribution is 2.39. The number of fused-ring (bicyclic) bond motifs is 1. The van der Waals surface area contributed by atoms with E-state index in [1.807, 2.05) is 0 Å². The average Bonchev–Trinajstić information content (AvgIpc) is 3.05. The van der Waals surface area contributed by atoms with E-state index < -0.39 is 30.2 Å². The lowest BCUT2D eigenvalue weighted by molar-refractivity contribution is -0.142. The van der Waals surface area contributed by atoms with E-state index in [0.717, 1.165) is 28.0 Å². The van der Waals surface area contributed by atoms with Gasteiger partial charge in [-0.2, -0.15) is 18.3 Å². The minimum Gasteiger partial charge on any atom is -0.365 e. The number of halogens is 4. The van der Waals surface area contributed by atoms with Crippen LogP contribution in [0.1, 0.15) is 45.5 Å². The molecule has 152 valence electrons. The highest BCUT2D eigenvalue weighted by atomic mass is 79.9. The van der Waals surface area contributed by atoms with Crippen LogP contribution in [-0.2, 0) is 30.4 Å². The molecular weight excluding hydrogens is 461 g/mol. The number of alkyl halides is 3. The van der Waals surface area contributed by atoms with Crippen LogP contribution in [0.4, 0.5) is 18.2 Å². The van der Waals surface area contributed by atoms with Gasteiger partial charge in [-0.1, -0.05) is 6.92 Å². The van der Waals surface area contributed by atoms with Gasteiger partial charge in [0.2, 0.25) is 5.91 Å². The van der Waals surface area contributed by atoms with Gasteiger partial charge in [-0.05, 0) is 53.6 Å². The SMILES string of the molecule is Cc1c(Br)c(C(F)(F)F)nn1CC(=O)Nc1sc2c(c1C(N)=O)CC[C@@H](C)C2. The van der Waals surface area contributed by atoms with Crippen molar-refractivity contribution in [2.45, 2.75) is 45.8 Å². The molecule has 1 atom stereocenters. The molecule has 3 rings (SSSR count). The van der Waals surface area contributed by atoms with Gasteiger partial charge in [0.1, 0.15) is 11.5 Å². The van der Waals surface area contributed by atoms with Crippen molar-refractivity contribution in [3.63, 3.8) is 0 Å². The molecule has 0 radical (unpaired) electrons. The predicted molar refractivity (Wildman–Crippen MR) is 102 cm³/mol. The van der Waals surface area contributed by atoms with Crippen molar-refractivity contribution in [3.05, 3.63) is 31.9 Å². The molecule has 0 spiro atoms. The zero-order chi connectivity index (χ0) is 20.8. The van der Waals surface area contributed by atoms with Crippen LogP contribution in [0.2, 0.25) is 0 Å². The van der Waals surface area contributed by atoms with Gasteiger partial charge < -0.3 is 11.1 Å². The third-order valence-corrected chi connectivity index (χ3v) is 6.83. The summed E-state index contributed by atoms with van der Waals surface area (Å²) in [6.45, 7) is 3.12. The summed E-state index contributed by atoms with van der Waals surface area (Å²) in [6, 6.07) is 0. The summed E-state index contributed by atoms with van der Waals surface area (Å²) in [7, 11) is 0. The van der Waals surface area contributed by atoms with Crippen molar-refractivity contribution >= 4 is 44.1 Å². The highest BCUT2D eigenvalue weighted by Gasteiger charge is 2.38. The van der Waals surface area contributed by atoms with Gasteiger partial charge in [0.05, 0.1) is 15.7 Å². The molecule has 0 saturated heterocycles. The number of thiophene rings is 1. The van der Waals surface area contributed by atoms with Crippen molar-refractivity contribution in [2.75, 3.05) is 5.32 Å². The smallest absolute Gasteiger partial charge is 0.365 e. The molecule has 11 heteroatoms. The number of hydrogen-bond donors (Lipinski definition) is 2. The Kier molecular flexibility index (Phi) is 5.59. The summed E-state index contributed by atoms with van der Waals surface area (Å²) >= 11 is 4.17. The first-order valence-corrected chi connectivity index (χ1v) is 10.1. The molecule has 28 heavy (non-hydrogen) atoms. The molecule has 1 aliphatic carbocycles. The van der Waals surface area contributed by atoms with Crippen LogP contribution in [0.15, 0.2) is 4.47 Å². The van der Waals surface area contributed by atoms with Gasteiger partial charge in [-0.3, -0.25) is 14.3 Å². The zero-order valence-corrected chi connectivity index (χ0v) is 17.5. The first-order chi connectivity index (χ1) is 13.0. The van der Waals surface area contributed by atoms with Crippen molar-refractivity contribution in [3.8, 4) is 0 Å². The standard InChI is InChI=1S/C17H18BrF3N4O2S/c1-7-3-4-9-10(5-7)28-16(12(9)15(22)27)23-11(26)6-25-8(2)13(18)14(24-25)17(19,20)21/h7H,3-6H2,1-2H3,(H2,22,27)(H,23,26)/t7-/m1/s1. The fraction of sp³-hybridized carbons (Fsp3) is 0.471. The topological polar surface area (TPSA) is 90.0 Å². The number of carbonyl (C=O) groups excluding carboxylic acids is 2. The minimum atomic E-state index is -4.63. The molecule has 2 heterocycles. The lowest BCUT2D eigenvalue weighted by atomic mass is 9.88. The molecule has 0 aliphatic heterocycles. The Balaban J connectivity index is 1.84. The Morgan fingerprint density at radius 2 is 2.11 bits per heavy atom. The maximum absolute atomic E-state index is 13.0. The quantitative estimate of drug-likeness (QED) is 0.697. The summed E-state index contributed by atoms with van der Waals surface area (Å²) in [5.41, 5.74) is 5.76. The molecule has 6 nitrogen and oxygen atoms in total. The number of aromatic nitrogens is 2. The molecule has 1 aliphatic rings. The van der Waals surface area contributed by atoms with Crippen LogP contribution < -0.4 is 11.1 Å². The van der Waals surface area contributed by atoms with Gasteiger partial charge in [-0.15, -0.1) is 11.3 Å². The molecule has 3 N–H and O–H groups in total. The van der Waals surface area contributed by atoms with E-state index in [9.17, 15) is 22.8 Å². The monoisotopic (exact) mass is 478 g/mol. The number of hydrogen-bond acceptors (Lipinski definition) is 4. The Hall–Kier alpha value is -1.88. The number of nitrogens with one attached hydrogen (secondary N) is 1. The van der Waals surface area contributed by atoms with Gasteiger partial charge in [0.25, 0.3) is 5.91 Å². The van der Waals surface area contributed by atoms with Crippen LogP contribution in [0.3, 0.4) is 0 Å². The molecule has 0 saturated carbocycles. The molecular formula is C17H18BrF3N4O2S. The lowest BCUT2D eigenvalue weighted by Gasteiger charge is -2.18. The number of primary amides is 1. The average molecular weight is 479 g/mol. The van der Waals surface area contributed by atoms with Crippen molar-refractivity contribution in [2.24, 2.45) is 11.7 Å². The van der Waals surface area contributed by atoms with E-state index in [2.05, 4.69) is 33.3 Å². The molecule has 2 amide bonds. The van der Waals surface area contributed by atoms with Gasteiger partial charge in [0.15, 0.2) is 5.69 Å². The Bertz CT molecular complexity index is 951. The second-order valence-corrected chi connectivity index (χ2v) is 8.77. The van der Waals surface area contributed by atoms with Crippen LogP contribution in [-0.4, -0.2) is 21.6 Å². The first-order valence-electron chi connectivity index (χ1n) is 8.53. The van der Waals surface area contributed by atoms with Gasteiger partial charge in [-0.25, -0.2) is 0 Å². The number of rotatable bonds is 4. The van der Waals surface area contributed by atoms with Crippen molar-refractivity contribution < 1.29 is 22.8 Å². The number of nitrogens with zero attached hydrogens (tertiary/aromatic N) is 2. The Morgan fingerprint density at radius 3 is 2.68 bits per heavy atom. The van der Waals surface area contributed by atoms with Gasteiger partial charge in [0, 0.05) is 4.88 Å². The number of amides is 2. The molecule has 0 bridgehead atoms. The van der Waals surface area contributed by atoms with E-state index in [1.54, 1.807) is 0 Å². The molecule has 0 aromatic carbocycles. The summed E-state index contributed by atoms with van der Waals surface area (Å²) in [5, 5.41) is 6.46. The highest BCUT2D eigenvalue weighted by molar-refractivity contribution is 9.10. The largest absolute Gasteiger partial charge is 0.436 e. The fourth-order valence-corrected chi connectivity index (χ4v) is 5.20. The van der Waals surface area contributed by atoms with Crippen LogP contribution in [0.5, 0.6) is 0 Å². The minimum absolute atomic E-state index is 0.178. The van der Waals surface area contributed by atoms with Crippen LogP contribution in [0.25, 0.3) is 0 Å². The van der Waals surface area contributed by atoms with Crippen molar-refractivity contribution in [1.82, 2.24) is 9.78 Å². The van der Waals surface area contributed by atoms with E-state index in [1.165, 1.54) is 18.3 Å². The summed E-state index contributed by atoms with van der Waals surface area (Å²) in [4.78, 5) is 25.4. The molecule has 0 fully saturated rings. The third-order valence-electron chi connectivity index (χ3n) is 4.71. The second-order valence-electron chi connectivity index (χ2n) is 6.87. The van der Waals surface area contributed by atoms with Crippen LogP contribution in [0, 0.1) is 12.8 Å². The Morgan fingerprint density at radius 1 is 1.43 bits per heavy atom. The van der Waals surface area contributed by atoms with Crippen LogP contribution >= 0.6 is 27.3 Å². The predicted octanol–water partition coefficient (Wildman–Crippen LogP) is 3.90. The maximum atomic E-state index is 13.0. The van der Waals surface area contributed by atoms with Crippen molar-refractivity contribution in [1.29, 1.82) is 0 Å². The summed E-state index contributed by atoms with van der Waals surface area (Å²) in [6.07, 6.45) is -2.19. The fourth-order valence-electron chi connectivity index (χ4n) is 3.26. The maximum Gasteiger partial charge on any atom is 0.436 e. The summed E-state index contributed by atoms with van der Waals surface area (Å²) < 4.78 is 39.7. The summed E-state index contributed by atoms with van der Waals surface area (Å²) in [5.74, 6) is -0.735. The Labute approximate surface area is 171 Å². The molecule has 2 aromatic rings.